The van der Waals surface area contributed by atoms with Crippen molar-refractivity contribution in [2.24, 2.45) is 0 Å². The number of hydrogen-bond donors (Lipinski definition) is 2. The maximum atomic E-state index is 11.8. The monoisotopic (exact) mass is 273 g/mol. The lowest BCUT2D eigenvalue weighted by atomic mass is 10.3. The van der Waals surface area contributed by atoms with Gasteiger partial charge in [-0.2, -0.15) is 0 Å². The van der Waals surface area contributed by atoms with Crippen LogP contribution in [-0.4, -0.2) is 26.4 Å². The fraction of sp³-hybridized carbons (Fsp3) is 0.400. The molecule has 0 spiro atoms. The Hall–Kier alpha value is -1.67. The van der Waals surface area contributed by atoms with E-state index in [1.165, 1.54) is 18.2 Å². The number of nitro groups is 1. The zero-order valence-corrected chi connectivity index (χ0v) is 11.0. The van der Waals surface area contributed by atoms with E-state index >= 15 is 0 Å². The summed E-state index contributed by atoms with van der Waals surface area (Å²) in [4.78, 5) is 9.89. The van der Waals surface area contributed by atoms with Crippen LogP contribution in [-0.2, 0) is 10.0 Å². The van der Waals surface area contributed by atoms with Crippen LogP contribution in [0.2, 0.25) is 0 Å². The predicted molar refractivity (Wildman–Crippen MR) is 68.1 cm³/mol. The number of anilines is 1. The number of sulfonamides is 1. The van der Waals surface area contributed by atoms with Gasteiger partial charge >= 0.3 is 0 Å². The highest BCUT2D eigenvalue weighted by molar-refractivity contribution is 7.89. The molecule has 0 bridgehead atoms. The third-order valence-electron chi connectivity index (χ3n) is 2.16. The molecule has 0 radical (unpaired) electrons. The van der Waals surface area contributed by atoms with Crippen LogP contribution in [0.1, 0.15) is 13.8 Å². The van der Waals surface area contributed by atoms with Gasteiger partial charge in [-0.15, -0.1) is 0 Å². The van der Waals surface area contributed by atoms with Crippen LogP contribution in [0.15, 0.2) is 23.1 Å². The van der Waals surface area contributed by atoms with Gasteiger partial charge in [-0.3, -0.25) is 10.1 Å². The summed E-state index contributed by atoms with van der Waals surface area (Å²) in [6.07, 6.45) is 0. The number of benzene rings is 1. The molecule has 0 unspecified atom stereocenters. The number of hydrogen-bond acceptors (Lipinski definition) is 5. The average Bonchev–Trinajstić information content (AvgIpc) is 2.29. The summed E-state index contributed by atoms with van der Waals surface area (Å²) in [7, 11) is -3.84. The first-order chi connectivity index (χ1) is 8.42. The summed E-state index contributed by atoms with van der Waals surface area (Å²) in [5.41, 5.74) is 0.0778. The van der Waals surface area contributed by atoms with Crippen molar-refractivity contribution in [2.75, 3.05) is 18.4 Å². The SMILES string of the molecule is CCNc1ccc(S(=O)(=O)NCC)c([N+](=O)[O-])c1. The summed E-state index contributed by atoms with van der Waals surface area (Å²) in [6, 6.07) is 3.95. The molecule has 8 heteroatoms. The molecule has 2 N–H and O–H groups in total. The van der Waals surface area contributed by atoms with Crippen molar-refractivity contribution < 1.29 is 13.3 Å². The second-order valence-electron chi connectivity index (χ2n) is 3.47. The van der Waals surface area contributed by atoms with Crippen LogP contribution >= 0.6 is 0 Å². The lowest BCUT2D eigenvalue weighted by Gasteiger charge is -2.08. The summed E-state index contributed by atoms with van der Waals surface area (Å²) < 4.78 is 25.8. The first-order valence-electron chi connectivity index (χ1n) is 5.44. The number of nitrogens with one attached hydrogen (secondary N) is 2. The predicted octanol–water partition coefficient (Wildman–Crippen LogP) is 1.32. The van der Waals surface area contributed by atoms with Crippen LogP contribution in [0.3, 0.4) is 0 Å². The first kappa shape index (κ1) is 14.4. The van der Waals surface area contributed by atoms with E-state index in [2.05, 4.69) is 10.0 Å². The molecule has 18 heavy (non-hydrogen) atoms. The van der Waals surface area contributed by atoms with Crippen LogP contribution in [0.4, 0.5) is 11.4 Å². The lowest BCUT2D eigenvalue weighted by Crippen LogP contribution is -2.24. The van der Waals surface area contributed by atoms with Crippen molar-refractivity contribution in [2.45, 2.75) is 18.7 Å². The van der Waals surface area contributed by atoms with Crippen molar-refractivity contribution in [1.29, 1.82) is 0 Å². The van der Waals surface area contributed by atoms with Gasteiger partial charge in [0.2, 0.25) is 10.0 Å². The van der Waals surface area contributed by atoms with Crippen LogP contribution < -0.4 is 10.0 Å². The standard InChI is InChI=1S/C10H15N3O4S/c1-3-11-8-5-6-10(9(7-8)13(14)15)18(16,17)12-4-2/h5-7,11-12H,3-4H2,1-2H3. The highest BCUT2D eigenvalue weighted by Crippen LogP contribution is 2.26. The molecule has 7 nitrogen and oxygen atoms in total. The molecule has 0 aliphatic carbocycles. The minimum absolute atomic E-state index is 0.175. The zero-order chi connectivity index (χ0) is 13.8. The van der Waals surface area contributed by atoms with Gasteiger partial charge in [-0.25, -0.2) is 13.1 Å². The Labute approximate surface area is 105 Å². The normalized spacial score (nSPS) is 11.2. The lowest BCUT2D eigenvalue weighted by molar-refractivity contribution is -0.387. The molecule has 0 aromatic heterocycles. The number of nitrogens with zero attached hydrogens (tertiary/aromatic N) is 1. The summed E-state index contributed by atoms with van der Waals surface area (Å²) in [6.45, 7) is 4.22. The number of rotatable bonds is 6. The van der Waals surface area contributed by atoms with E-state index < -0.39 is 20.6 Å². The molecular formula is C10H15N3O4S. The molecule has 1 aromatic rings. The molecule has 0 saturated heterocycles. The molecular weight excluding hydrogens is 258 g/mol. The second-order valence-corrected chi connectivity index (χ2v) is 5.21. The van der Waals surface area contributed by atoms with Crippen molar-refractivity contribution in [3.05, 3.63) is 28.3 Å². The molecule has 0 amide bonds. The largest absolute Gasteiger partial charge is 0.385 e. The maximum absolute atomic E-state index is 11.8. The third kappa shape index (κ3) is 3.17. The molecule has 0 fully saturated rings. The Morgan fingerprint density at radius 1 is 1.28 bits per heavy atom. The Kier molecular flexibility index (Phi) is 4.62. The van der Waals surface area contributed by atoms with Gasteiger partial charge < -0.3 is 5.32 Å². The Bertz CT molecular complexity index is 542. The molecule has 0 atom stereocenters. The second kappa shape index (κ2) is 5.78. The minimum atomic E-state index is -3.84. The fourth-order valence-electron chi connectivity index (χ4n) is 1.47. The Morgan fingerprint density at radius 2 is 1.94 bits per heavy atom. The summed E-state index contributed by atoms with van der Waals surface area (Å²) in [5, 5.41) is 13.8. The molecule has 0 heterocycles. The highest BCUT2D eigenvalue weighted by Gasteiger charge is 2.25. The van der Waals surface area contributed by atoms with Crippen molar-refractivity contribution in [1.82, 2.24) is 4.72 Å². The maximum Gasteiger partial charge on any atom is 0.291 e. The van der Waals surface area contributed by atoms with E-state index in [1.807, 2.05) is 6.92 Å². The Morgan fingerprint density at radius 3 is 2.44 bits per heavy atom. The fourth-order valence-corrected chi connectivity index (χ4v) is 2.66. The smallest absolute Gasteiger partial charge is 0.291 e. The highest BCUT2D eigenvalue weighted by atomic mass is 32.2. The van der Waals surface area contributed by atoms with Gasteiger partial charge in [0.05, 0.1) is 4.92 Å². The van der Waals surface area contributed by atoms with E-state index in [9.17, 15) is 18.5 Å². The van der Waals surface area contributed by atoms with Gasteiger partial charge in [0.1, 0.15) is 0 Å². The molecule has 0 saturated carbocycles. The first-order valence-corrected chi connectivity index (χ1v) is 6.92. The van der Waals surface area contributed by atoms with Crippen molar-refractivity contribution >= 4 is 21.4 Å². The van der Waals surface area contributed by atoms with E-state index in [-0.39, 0.29) is 11.4 Å². The van der Waals surface area contributed by atoms with Crippen LogP contribution in [0.25, 0.3) is 0 Å². The quantitative estimate of drug-likeness (QED) is 0.601. The van der Waals surface area contributed by atoms with E-state index in [4.69, 9.17) is 0 Å². The molecule has 1 aromatic carbocycles. The van der Waals surface area contributed by atoms with Gasteiger partial charge in [-0.1, -0.05) is 6.92 Å². The Balaban J connectivity index is 3.32. The zero-order valence-electron chi connectivity index (χ0n) is 10.1. The van der Waals surface area contributed by atoms with Crippen molar-refractivity contribution in [3.63, 3.8) is 0 Å². The van der Waals surface area contributed by atoms with Gasteiger partial charge in [-0.05, 0) is 19.1 Å². The van der Waals surface area contributed by atoms with E-state index in [0.29, 0.717) is 12.2 Å². The summed E-state index contributed by atoms with van der Waals surface area (Å²) in [5.74, 6) is 0. The van der Waals surface area contributed by atoms with Crippen LogP contribution in [0, 0.1) is 10.1 Å². The summed E-state index contributed by atoms with van der Waals surface area (Å²) >= 11 is 0. The molecule has 1 rings (SSSR count). The molecule has 0 aliphatic heterocycles. The van der Waals surface area contributed by atoms with E-state index in [0.717, 1.165) is 0 Å². The third-order valence-corrected chi connectivity index (χ3v) is 3.75. The average molecular weight is 273 g/mol. The van der Waals surface area contributed by atoms with Crippen LogP contribution in [0.5, 0.6) is 0 Å². The van der Waals surface area contributed by atoms with Crippen molar-refractivity contribution in [3.8, 4) is 0 Å². The van der Waals surface area contributed by atoms with Gasteiger partial charge in [0, 0.05) is 24.8 Å². The molecule has 0 aliphatic rings. The molecule has 100 valence electrons. The van der Waals surface area contributed by atoms with Gasteiger partial charge in [0.25, 0.3) is 5.69 Å². The number of nitro benzene ring substituents is 1. The topological polar surface area (TPSA) is 101 Å². The van der Waals surface area contributed by atoms with E-state index in [1.54, 1.807) is 6.92 Å². The minimum Gasteiger partial charge on any atom is -0.385 e. The van der Waals surface area contributed by atoms with Gasteiger partial charge in [0.15, 0.2) is 4.90 Å².